The Morgan fingerprint density at radius 2 is 1.73 bits per heavy atom. The summed E-state index contributed by atoms with van der Waals surface area (Å²) in [6.07, 6.45) is 3.20. The van der Waals surface area contributed by atoms with Crippen LogP contribution in [0.5, 0.6) is 0 Å². The average molecular weight is 464 g/mol. The first kappa shape index (κ1) is 27.7. The third kappa shape index (κ3) is 8.97. The van der Waals surface area contributed by atoms with E-state index in [1.54, 1.807) is 6.07 Å². The lowest BCUT2D eigenvalue weighted by Crippen LogP contribution is -2.61. The lowest BCUT2D eigenvalue weighted by atomic mass is 9.98. The van der Waals surface area contributed by atoms with Crippen LogP contribution in [0.15, 0.2) is 24.3 Å². The smallest absolute Gasteiger partial charge is 0.186 e. The minimum Gasteiger partial charge on any atom is -0.387 e. The van der Waals surface area contributed by atoms with Gasteiger partial charge >= 0.3 is 0 Å². The fourth-order valence-electron chi connectivity index (χ4n) is 3.90. The van der Waals surface area contributed by atoms with Gasteiger partial charge in [-0.1, -0.05) is 57.7 Å². The molecule has 1 aliphatic rings. The number of ether oxygens (including phenoxy) is 5. The molecule has 1 heterocycles. The van der Waals surface area contributed by atoms with E-state index in [-0.39, 0.29) is 13.2 Å². The Balaban J connectivity index is 2.02. The zero-order valence-electron chi connectivity index (χ0n) is 20.4. The predicted octanol–water partition coefficient (Wildman–Crippen LogP) is 4.35. The first-order valence-electron chi connectivity index (χ1n) is 12.4. The molecule has 1 unspecified atom stereocenters. The summed E-state index contributed by atoms with van der Waals surface area (Å²) in [7, 11) is 0. The Bertz CT molecular complexity index is 694. The van der Waals surface area contributed by atoms with Crippen molar-refractivity contribution in [3.8, 4) is 6.07 Å². The second-order valence-electron chi connectivity index (χ2n) is 8.36. The van der Waals surface area contributed by atoms with E-state index in [0.717, 1.165) is 24.8 Å². The summed E-state index contributed by atoms with van der Waals surface area (Å²) in [5.41, 5.74) is 1.33. The standard InChI is InChI=1S/C26H41NO6/c1-4-7-8-9-12-16-29-19-22-23(28)24(31-15-5-2)25(26(33-22)30-6-3)32-18-21-14-11-10-13-20(21)17-27/h10-11,13-14,22-26,28H,4-9,12,15-16,18-19H2,1-3H3/t22-,23-,24+,25-,26?/m1/s1. The van der Waals surface area contributed by atoms with E-state index in [1.165, 1.54) is 19.3 Å². The maximum Gasteiger partial charge on any atom is 0.186 e. The van der Waals surface area contributed by atoms with Gasteiger partial charge in [-0.25, -0.2) is 0 Å². The second kappa shape index (κ2) is 16.2. The highest BCUT2D eigenvalue weighted by Crippen LogP contribution is 2.28. The highest BCUT2D eigenvalue weighted by Gasteiger charge is 2.47. The van der Waals surface area contributed by atoms with Gasteiger partial charge in [0.25, 0.3) is 0 Å². The van der Waals surface area contributed by atoms with E-state index in [9.17, 15) is 10.4 Å². The third-order valence-corrected chi connectivity index (χ3v) is 5.71. The number of hydrogen-bond donors (Lipinski definition) is 1. The van der Waals surface area contributed by atoms with E-state index < -0.39 is 30.7 Å². The van der Waals surface area contributed by atoms with E-state index in [1.807, 2.05) is 32.0 Å². The van der Waals surface area contributed by atoms with Crippen LogP contribution in [0.3, 0.4) is 0 Å². The summed E-state index contributed by atoms with van der Waals surface area (Å²) < 4.78 is 29.9. The van der Waals surface area contributed by atoms with Crippen LogP contribution in [0, 0.1) is 11.3 Å². The van der Waals surface area contributed by atoms with Gasteiger partial charge in [0.1, 0.15) is 24.4 Å². The number of aliphatic hydroxyl groups excluding tert-OH is 1. The van der Waals surface area contributed by atoms with Gasteiger partial charge in [0, 0.05) is 19.8 Å². The lowest BCUT2D eigenvalue weighted by Gasteiger charge is -2.44. The molecule has 5 atom stereocenters. The van der Waals surface area contributed by atoms with Crippen LogP contribution in [-0.4, -0.2) is 62.2 Å². The third-order valence-electron chi connectivity index (χ3n) is 5.71. The number of benzene rings is 1. The van der Waals surface area contributed by atoms with Crippen LogP contribution in [-0.2, 0) is 30.3 Å². The van der Waals surface area contributed by atoms with E-state index in [2.05, 4.69) is 13.0 Å². The molecule has 1 aliphatic heterocycles. The maximum absolute atomic E-state index is 11.1. The predicted molar refractivity (Wildman–Crippen MR) is 126 cm³/mol. The van der Waals surface area contributed by atoms with Crippen LogP contribution >= 0.6 is 0 Å². The monoisotopic (exact) mass is 463 g/mol. The summed E-state index contributed by atoms with van der Waals surface area (Å²) in [5.74, 6) is 0. The van der Waals surface area contributed by atoms with Gasteiger partial charge in [0.15, 0.2) is 6.29 Å². The molecular weight excluding hydrogens is 422 g/mol. The molecule has 7 nitrogen and oxygen atoms in total. The van der Waals surface area contributed by atoms with Crippen molar-refractivity contribution in [2.75, 3.05) is 26.4 Å². The van der Waals surface area contributed by atoms with E-state index in [4.69, 9.17) is 23.7 Å². The SMILES string of the molecule is CCCCCCCOC[C@H]1OC(OCC)[C@H](OCc2ccccc2C#N)[C@@H](OCCC)[C@@H]1O. The molecule has 1 aromatic carbocycles. The van der Waals surface area contributed by atoms with Gasteiger partial charge in [-0.05, 0) is 31.4 Å². The summed E-state index contributed by atoms with van der Waals surface area (Å²) in [6, 6.07) is 9.48. The average Bonchev–Trinajstić information content (AvgIpc) is 2.83. The van der Waals surface area contributed by atoms with Crippen molar-refractivity contribution in [1.82, 2.24) is 0 Å². The molecule has 0 aromatic heterocycles. The Labute approximate surface area is 198 Å². The van der Waals surface area contributed by atoms with Crippen LogP contribution < -0.4 is 0 Å². The number of nitriles is 1. The van der Waals surface area contributed by atoms with Crippen molar-refractivity contribution in [3.63, 3.8) is 0 Å². The topological polar surface area (TPSA) is 90.2 Å². The van der Waals surface area contributed by atoms with Crippen molar-refractivity contribution in [1.29, 1.82) is 5.26 Å². The number of unbranched alkanes of at least 4 members (excludes halogenated alkanes) is 4. The Kier molecular flexibility index (Phi) is 13.6. The van der Waals surface area contributed by atoms with Gasteiger partial charge in [-0.3, -0.25) is 0 Å². The minimum atomic E-state index is -0.912. The van der Waals surface area contributed by atoms with Gasteiger partial charge in [0.05, 0.1) is 24.8 Å². The summed E-state index contributed by atoms with van der Waals surface area (Å²) in [4.78, 5) is 0. The molecule has 1 saturated heterocycles. The quantitative estimate of drug-likeness (QED) is 0.365. The van der Waals surface area contributed by atoms with Crippen molar-refractivity contribution in [2.45, 2.75) is 96.6 Å². The van der Waals surface area contributed by atoms with E-state index in [0.29, 0.717) is 25.4 Å². The van der Waals surface area contributed by atoms with Gasteiger partial charge in [-0.15, -0.1) is 0 Å². The zero-order valence-corrected chi connectivity index (χ0v) is 20.4. The molecule has 0 bridgehead atoms. The number of nitrogens with zero attached hydrogens (tertiary/aromatic N) is 1. The Morgan fingerprint density at radius 1 is 0.939 bits per heavy atom. The number of hydrogen-bond acceptors (Lipinski definition) is 7. The fraction of sp³-hybridized carbons (Fsp3) is 0.731. The molecule has 1 aromatic rings. The molecule has 33 heavy (non-hydrogen) atoms. The Morgan fingerprint density at radius 3 is 2.45 bits per heavy atom. The molecule has 0 saturated carbocycles. The Hall–Kier alpha value is -1.53. The highest BCUT2D eigenvalue weighted by atomic mass is 16.7. The summed E-state index contributed by atoms with van der Waals surface area (Å²) >= 11 is 0. The molecule has 7 heteroatoms. The molecule has 0 amide bonds. The largest absolute Gasteiger partial charge is 0.387 e. The van der Waals surface area contributed by atoms with Crippen molar-refractivity contribution < 1.29 is 28.8 Å². The number of aliphatic hydroxyl groups is 1. The molecule has 186 valence electrons. The lowest BCUT2D eigenvalue weighted by molar-refractivity contribution is -0.318. The maximum atomic E-state index is 11.1. The first-order valence-corrected chi connectivity index (χ1v) is 12.4. The van der Waals surface area contributed by atoms with Crippen molar-refractivity contribution >= 4 is 0 Å². The molecule has 2 rings (SSSR count). The zero-order chi connectivity index (χ0) is 23.9. The van der Waals surface area contributed by atoms with E-state index >= 15 is 0 Å². The van der Waals surface area contributed by atoms with Crippen LogP contribution in [0.4, 0.5) is 0 Å². The van der Waals surface area contributed by atoms with Crippen LogP contribution in [0.2, 0.25) is 0 Å². The van der Waals surface area contributed by atoms with Crippen molar-refractivity contribution in [3.05, 3.63) is 35.4 Å². The molecule has 1 N–H and O–H groups in total. The minimum absolute atomic E-state index is 0.193. The normalized spacial score (nSPS) is 25.1. The van der Waals surface area contributed by atoms with Crippen molar-refractivity contribution in [2.24, 2.45) is 0 Å². The molecule has 0 radical (unpaired) electrons. The number of rotatable bonds is 16. The first-order chi connectivity index (χ1) is 16.2. The summed E-state index contributed by atoms with van der Waals surface area (Å²) in [6.45, 7) is 8.13. The molecular formula is C26H41NO6. The molecule has 1 fully saturated rings. The molecule has 0 spiro atoms. The molecule has 0 aliphatic carbocycles. The highest BCUT2D eigenvalue weighted by molar-refractivity contribution is 5.36. The summed E-state index contributed by atoms with van der Waals surface area (Å²) in [5, 5.41) is 20.4. The fourth-order valence-corrected chi connectivity index (χ4v) is 3.90. The van der Waals surface area contributed by atoms with Gasteiger partial charge < -0.3 is 28.8 Å². The van der Waals surface area contributed by atoms with Gasteiger partial charge in [0.2, 0.25) is 0 Å². The van der Waals surface area contributed by atoms with Gasteiger partial charge in [-0.2, -0.15) is 5.26 Å². The van der Waals surface area contributed by atoms with Crippen LogP contribution in [0.1, 0.15) is 70.4 Å². The van der Waals surface area contributed by atoms with Crippen LogP contribution in [0.25, 0.3) is 0 Å². The second-order valence-corrected chi connectivity index (χ2v) is 8.36.